The van der Waals surface area contributed by atoms with Gasteiger partial charge in [-0.2, -0.15) is 0 Å². The van der Waals surface area contributed by atoms with Gasteiger partial charge in [-0.25, -0.2) is 0 Å². The van der Waals surface area contributed by atoms with Gasteiger partial charge in [-0.05, 0) is 38.3 Å². The van der Waals surface area contributed by atoms with Crippen molar-refractivity contribution in [3.63, 3.8) is 0 Å². The molecule has 1 unspecified atom stereocenters. The van der Waals surface area contributed by atoms with Crippen LogP contribution < -0.4 is 5.73 Å². The van der Waals surface area contributed by atoms with Gasteiger partial charge in [0.05, 0.1) is 0 Å². The summed E-state index contributed by atoms with van der Waals surface area (Å²) >= 11 is 1.77. The molecule has 0 aliphatic rings. The molecule has 0 aliphatic heterocycles. The Morgan fingerprint density at radius 1 is 1.50 bits per heavy atom. The summed E-state index contributed by atoms with van der Waals surface area (Å²) in [5, 5.41) is 8.51. The van der Waals surface area contributed by atoms with Crippen LogP contribution >= 0.6 is 11.3 Å². The smallest absolute Gasteiger partial charge is 0.303 e. The van der Waals surface area contributed by atoms with Crippen molar-refractivity contribution in [3.05, 3.63) is 21.4 Å². The van der Waals surface area contributed by atoms with Crippen molar-refractivity contribution >= 4 is 17.3 Å². The first-order chi connectivity index (χ1) is 7.50. The molecule has 3 N–H and O–H groups in total. The van der Waals surface area contributed by atoms with Gasteiger partial charge in [-0.3, -0.25) is 4.79 Å². The number of thiophene rings is 1. The average molecular weight is 241 g/mol. The molecule has 0 amide bonds. The first-order valence-electron chi connectivity index (χ1n) is 5.55. The summed E-state index contributed by atoms with van der Waals surface area (Å²) in [4.78, 5) is 12.9. The molecule has 0 aromatic carbocycles. The Labute approximate surface area is 100 Å². The van der Waals surface area contributed by atoms with E-state index in [4.69, 9.17) is 10.8 Å². The van der Waals surface area contributed by atoms with Crippen LogP contribution in [-0.2, 0) is 4.79 Å². The van der Waals surface area contributed by atoms with E-state index in [1.807, 2.05) is 0 Å². The van der Waals surface area contributed by atoms with Gasteiger partial charge in [-0.15, -0.1) is 11.3 Å². The third kappa shape index (κ3) is 3.94. The van der Waals surface area contributed by atoms with Crippen molar-refractivity contribution in [3.8, 4) is 0 Å². The zero-order valence-electron chi connectivity index (χ0n) is 9.82. The third-order valence-corrected chi connectivity index (χ3v) is 3.62. The molecular weight excluding hydrogens is 222 g/mol. The van der Waals surface area contributed by atoms with E-state index in [-0.39, 0.29) is 12.5 Å². The highest BCUT2D eigenvalue weighted by Crippen LogP contribution is 2.27. The zero-order valence-corrected chi connectivity index (χ0v) is 10.6. The quantitative estimate of drug-likeness (QED) is 0.752. The van der Waals surface area contributed by atoms with Gasteiger partial charge in [0.25, 0.3) is 0 Å². The second kappa shape index (κ2) is 6.01. The largest absolute Gasteiger partial charge is 0.481 e. The highest BCUT2D eigenvalue weighted by atomic mass is 32.1. The Bertz CT molecular complexity index is 360. The summed E-state index contributed by atoms with van der Waals surface area (Å²) in [6.45, 7) is 4.17. The maximum Gasteiger partial charge on any atom is 0.303 e. The molecule has 1 rings (SSSR count). The van der Waals surface area contributed by atoms with E-state index < -0.39 is 5.97 Å². The summed E-state index contributed by atoms with van der Waals surface area (Å²) in [5.41, 5.74) is 7.31. The molecule has 3 nitrogen and oxygen atoms in total. The molecule has 0 spiro atoms. The lowest BCUT2D eigenvalue weighted by Crippen LogP contribution is -2.10. The lowest BCUT2D eigenvalue weighted by Gasteiger charge is -2.10. The van der Waals surface area contributed by atoms with Crippen LogP contribution in [0.4, 0.5) is 0 Å². The lowest BCUT2D eigenvalue weighted by atomic mass is 10.0. The molecule has 1 heterocycles. The van der Waals surface area contributed by atoms with Crippen LogP contribution in [0.3, 0.4) is 0 Å². The van der Waals surface area contributed by atoms with Gasteiger partial charge in [0.2, 0.25) is 0 Å². The summed E-state index contributed by atoms with van der Waals surface area (Å²) in [7, 11) is 0. The van der Waals surface area contributed by atoms with Crippen LogP contribution in [-0.4, -0.2) is 11.1 Å². The predicted molar refractivity (Wildman–Crippen MR) is 66.8 cm³/mol. The van der Waals surface area contributed by atoms with E-state index >= 15 is 0 Å². The molecule has 0 aliphatic carbocycles. The molecular formula is C12H19NO2S. The minimum atomic E-state index is -0.726. The monoisotopic (exact) mass is 241 g/mol. The number of carbonyl (C=O) groups is 1. The highest BCUT2D eigenvalue weighted by Gasteiger charge is 2.11. The number of carboxylic acids is 1. The Kier molecular flexibility index (Phi) is 4.96. The van der Waals surface area contributed by atoms with Crippen molar-refractivity contribution in [2.75, 3.05) is 0 Å². The Balaban J connectivity index is 2.38. The Morgan fingerprint density at radius 2 is 2.19 bits per heavy atom. The summed E-state index contributed by atoms with van der Waals surface area (Å²) in [6, 6.07) is 2.20. The van der Waals surface area contributed by atoms with Crippen molar-refractivity contribution in [1.82, 2.24) is 0 Å². The van der Waals surface area contributed by atoms with Crippen LogP contribution in [0.15, 0.2) is 6.07 Å². The van der Waals surface area contributed by atoms with E-state index in [1.54, 1.807) is 11.3 Å². The van der Waals surface area contributed by atoms with Crippen LogP contribution in [0.25, 0.3) is 0 Å². The fourth-order valence-electron chi connectivity index (χ4n) is 1.81. The molecule has 1 aromatic heterocycles. The normalized spacial score (nSPS) is 12.7. The SMILES string of the molecule is Cc1cc(C(N)CCCCC(=O)O)c(C)s1. The molecule has 90 valence electrons. The van der Waals surface area contributed by atoms with Gasteiger partial charge in [0.15, 0.2) is 0 Å². The number of carboxylic acid groups (broad SMARTS) is 1. The Morgan fingerprint density at radius 3 is 2.69 bits per heavy atom. The topological polar surface area (TPSA) is 63.3 Å². The fraction of sp³-hybridized carbons (Fsp3) is 0.583. The molecule has 0 saturated heterocycles. The predicted octanol–water partition coefficient (Wildman–Crippen LogP) is 3.01. The van der Waals surface area contributed by atoms with Crippen LogP contribution in [0.2, 0.25) is 0 Å². The maximum absolute atomic E-state index is 10.3. The molecule has 4 heteroatoms. The third-order valence-electron chi connectivity index (χ3n) is 2.63. The van der Waals surface area contributed by atoms with Crippen molar-refractivity contribution < 1.29 is 9.90 Å². The van der Waals surface area contributed by atoms with Gasteiger partial charge < -0.3 is 10.8 Å². The first-order valence-corrected chi connectivity index (χ1v) is 6.36. The highest BCUT2D eigenvalue weighted by molar-refractivity contribution is 7.12. The van der Waals surface area contributed by atoms with Crippen LogP contribution in [0.1, 0.15) is 47.0 Å². The summed E-state index contributed by atoms with van der Waals surface area (Å²) in [6.07, 6.45) is 2.70. The molecule has 0 bridgehead atoms. The average Bonchev–Trinajstić information content (AvgIpc) is 2.52. The number of rotatable bonds is 6. The first kappa shape index (κ1) is 13.2. The van der Waals surface area contributed by atoms with Gasteiger partial charge >= 0.3 is 5.97 Å². The molecule has 0 saturated carbocycles. The number of aliphatic carboxylic acids is 1. The number of hydrogen-bond acceptors (Lipinski definition) is 3. The molecule has 16 heavy (non-hydrogen) atoms. The number of aryl methyl sites for hydroxylation is 2. The number of unbranched alkanes of at least 4 members (excludes halogenated alkanes) is 1. The molecule has 0 fully saturated rings. The molecule has 1 aromatic rings. The second-order valence-electron chi connectivity index (χ2n) is 4.11. The van der Waals surface area contributed by atoms with E-state index in [1.165, 1.54) is 15.3 Å². The van der Waals surface area contributed by atoms with Gasteiger partial charge in [-0.1, -0.05) is 6.42 Å². The summed E-state index contributed by atoms with van der Waals surface area (Å²) in [5.74, 6) is -0.726. The van der Waals surface area contributed by atoms with Crippen molar-refractivity contribution in [2.24, 2.45) is 5.73 Å². The second-order valence-corrected chi connectivity index (χ2v) is 5.58. The van der Waals surface area contributed by atoms with E-state index in [2.05, 4.69) is 19.9 Å². The fourth-order valence-corrected chi connectivity index (χ4v) is 2.81. The van der Waals surface area contributed by atoms with E-state index in [0.29, 0.717) is 6.42 Å². The van der Waals surface area contributed by atoms with Crippen LogP contribution in [0.5, 0.6) is 0 Å². The minimum absolute atomic E-state index is 0.0544. The zero-order chi connectivity index (χ0) is 12.1. The van der Waals surface area contributed by atoms with Crippen LogP contribution in [0, 0.1) is 13.8 Å². The van der Waals surface area contributed by atoms with Gasteiger partial charge in [0.1, 0.15) is 0 Å². The maximum atomic E-state index is 10.3. The Hall–Kier alpha value is -0.870. The molecule has 1 atom stereocenters. The molecule has 0 radical (unpaired) electrons. The summed E-state index contributed by atoms with van der Waals surface area (Å²) < 4.78 is 0. The van der Waals surface area contributed by atoms with Gasteiger partial charge in [0, 0.05) is 22.2 Å². The lowest BCUT2D eigenvalue weighted by molar-refractivity contribution is -0.137. The minimum Gasteiger partial charge on any atom is -0.481 e. The number of hydrogen-bond donors (Lipinski definition) is 2. The van der Waals surface area contributed by atoms with E-state index in [9.17, 15) is 4.79 Å². The standard InChI is InChI=1S/C12H19NO2S/c1-8-7-10(9(2)16-8)11(13)5-3-4-6-12(14)15/h7,11H,3-6,13H2,1-2H3,(H,14,15). The van der Waals surface area contributed by atoms with E-state index in [0.717, 1.165) is 12.8 Å². The number of nitrogens with two attached hydrogens (primary N) is 1. The van der Waals surface area contributed by atoms with Crippen molar-refractivity contribution in [1.29, 1.82) is 0 Å². The van der Waals surface area contributed by atoms with Crippen molar-refractivity contribution in [2.45, 2.75) is 45.6 Å².